The first-order valence-electron chi connectivity index (χ1n) is 10.6. The first-order chi connectivity index (χ1) is 16.8. The summed E-state index contributed by atoms with van der Waals surface area (Å²) < 4.78 is 52.4. The Morgan fingerprint density at radius 2 is 1.69 bits per heavy atom. The van der Waals surface area contributed by atoms with E-state index in [2.05, 4.69) is 15.4 Å². The van der Waals surface area contributed by atoms with E-state index in [0.717, 1.165) is 30.0 Å². The van der Waals surface area contributed by atoms with Crippen LogP contribution in [0.15, 0.2) is 47.4 Å². The third-order valence-electron chi connectivity index (χ3n) is 5.65. The van der Waals surface area contributed by atoms with Gasteiger partial charge in [-0.3, -0.25) is 14.3 Å². The smallest absolute Gasteiger partial charge is 0.274 e. The summed E-state index contributed by atoms with van der Waals surface area (Å²) >= 11 is 0. The van der Waals surface area contributed by atoms with Crippen LogP contribution in [0.1, 0.15) is 37.8 Å². The van der Waals surface area contributed by atoms with Gasteiger partial charge in [-0.25, -0.2) is 22.2 Å². The van der Waals surface area contributed by atoms with Crippen molar-refractivity contribution in [3.8, 4) is 0 Å². The molecule has 0 atom stereocenters. The predicted octanol–water partition coefficient (Wildman–Crippen LogP) is 3.13. The highest BCUT2D eigenvalue weighted by Gasteiger charge is 2.20. The van der Waals surface area contributed by atoms with Gasteiger partial charge in [0.1, 0.15) is 5.69 Å². The second-order valence-electron chi connectivity index (χ2n) is 8.28. The van der Waals surface area contributed by atoms with Crippen molar-refractivity contribution in [2.45, 2.75) is 25.3 Å². The zero-order valence-electron chi connectivity index (χ0n) is 19.5. The number of sulfone groups is 1. The highest BCUT2D eigenvalue weighted by atomic mass is 32.2. The molecule has 2 amide bonds. The van der Waals surface area contributed by atoms with E-state index < -0.39 is 33.3 Å². The van der Waals surface area contributed by atoms with Crippen LogP contribution in [0, 0.1) is 25.5 Å². The van der Waals surface area contributed by atoms with Gasteiger partial charge in [0.05, 0.1) is 39.6 Å². The van der Waals surface area contributed by atoms with E-state index in [0.29, 0.717) is 23.6 Å². The van der Waals surface area contributed by atoms with E-state index >= 15 is 0 Å². The van der Waals surface area contributed by atoms with Gasteiger partial charge in [-0.05, 0) is 43.7 Å². The van der Waals surface area contributed by atoms with Crippen LogP contribution in [0.25, 0.3) is 10.9 Å². The molecule has 0 fully saturated rings. The number of halogens is 2. The number of aryl methyl sites for hydroxylation is 1. The monoisotopic (exact) mass is 513 g/mol. The molecule has 36 heavy (non-hydrogen) atoms. The fraction of sp³-hybridized carbons (Fsp3) is 0.167. The number of rotatable bonds is 6. The molecule has 186 valence electrons. The minimum absolute atomic E-state index is 0.0139. The number of hydrogen-bond acceptors (Lipinski definition) is 6. The van der Waals surface area contributed by atoms with E-state index in [4.69, 9.17) is 5.73 Å². The molecule has 0 radical (unpaired) electrons. The highest BCUT2D eigenvalue weighted by molar-refractivity contribution is 7.90. The average molecular weight is 514 g/mol. The molecule has 0 bridgehead atoms. The van der Waals surface area contributed by atoms with Crippen LogP contribution in [-0.2, 0) is 16.4 Å². The van der Waals surface area contributed by atoms with E-state index in [1.165, 1.54) is 12.1 Å². The minimum atomic E-state index is -3.31. The molecule has 2 heterocycles. The van der Waals surface area contributed by atoms with Gasteiger partial charge in [0.2, 0.25) is 5.91 Å². The molecule has 0 aliphatic heterocycles. The fourth-order valence-electron chi connectivity index (χ4n) is 3.77. The Labute approximate surface area is 204 Å². The standard InChI is InChI=1S/C24H21F2N5O4S/c1-12-22(13(2)31(30-12)11-14-4-6-15(7-5-14)36(3,34)35)29-24(33)21-9-17(23(27)32)16-8-18(25)19(26)10-20(16)28-21/h4-10H,11H2,1-3H3,(H2,27,32)(H,29,33). The summed E-state index contributed by atoms with van der Waals surface area (Å²) in [5.41, 5.74) is 7.20. The molecule has 12 heteroatoms. The molecule has 4 aromatic rings. The maximum absolute atomic E-state index is 13.8. The van der Waals surface area contributed by atoms with E-state index in [-0.39, 0.29) is 27.1 Å². The minimum Gasteiger partial charge on any atom is -0.366 e. The number of nitrogens with zero attached hydrogens (tertiary/aromatic N) is 3. The number of nitrogens with one attached hydrogen (secondary N) is 1. The Morgan fingerprint density at radius 1 is 1.06 bits per heavy atom. The van der Waals surface area contributed by atoms with Crippen LogP contribution in [0.3, 0.4) is 0 Å². The molecule has 0 aliphatic carbocycles. The van der Waals surface area contributed by atoms with Crippen molar-refractivity contribution in [2.75, 3.05) is 11.6 Å². The number of nitrogens with two attached hydrogens (primary N) is 1. The molecule has 0 unspecified atom stereocenters. The SMILES string of the molecule is Cc1nn(Cc2ccc(S(C)(=O)=O)cc2)c(C)c1NC(=O)c1cc(C(N)=O)c2cc(F)c(F)cc2n1. The van der Waals surface area contributed by atoms with Crippen LogP contribution in [-0.4, -0.2) is 41.3 Å². The quantitative estimate of drug-likeness (QED) is 0.406. The van der Waals surface area contributed by atoms with Gasteiger partial charge in [0.15, 0.2) is 21.5 Å². The second-order valence-corrected chi connectivity index (χ2v) is 10.3. The maximum Gasteiger partial charge on any atom is 0.274 e. The van der Waals surface area contributed by atoms with Crippen molar-refractivity contribution in [1.82, 2.24) is 14.8 Å². The Morgan fingerprint density at radius 3 is 2.31 bits per heavy atom. The number of aromatic nitrogens is 3. The number of primary amides is 1. The molecule has 0 aliphatic rings. The number of pyridine rings is 1. The Bertz CT molecular complexity index is 1650. The third kappa shape index (κ3) is 4.80. The first kappa shape index (κ1) is 24.9. The number of benzene rings is 2. The summed E-state index contributed by atoms with van der Waals surface area (Å²) in [7, 11) is -3.31. The first-order valence-corrected chi connectivity index (χ1v) is 12.5. The lowest BCUT2D eigenvalue weighted by Crippen LogP contribution is -2.18. The molecular formula is C24H21F2N5O4S. The van der Waals surface area contributed by atoms with Crippen molar-refractivity contribution in [3.63, 3.8) is 0 Å². The van der Waals surface area contributed by atoms with E-state index in [9.17, 15) is 26.8 Å². The Kier molecular flexibility index (Phi) is 6.31. The molecule has 4 rings (SSSR count). The predicted molar refractivity (Wildman–Crippen MR) is 128 cm³/mol. The summed E-state index contributed by atoms with van der Waals surface area (Å²) in [6.07, 6.45) is 1.13. The lowest BCUT2D eigenvalue weighted by atomic mass is 10.1. The Balaban J connectivity index is 1.63. The zero-order valence-corrected chi connectivity index (χ0v) is 20.3. The van der Waals surface area contributed by atoms with Crippen LogP contribution < -0.4 is 11.1 Å². The molecule has 9 nitrogen and oxygen atoms in total. The Hall–Kier alpha value is -4.19. The zero-order chi connectivity index (χ0) is 26.4. The number of fused-ring (bicyclic) bond motifs is 1. The maximum atomic E-state index is 13.8. The fourth-order valence-corrected chi connectivity index (χ4v) is 4.40. The van der Waals surface area contributed by atoms with Crippen molar-refractivity contribution < 1.29 is 26.8 Å². The number of carbonyl (C=O) groups is 2. The van der Waals surface area contributed by atoms with Crippen molar-refractivity contribution in [2.24, 2.45) is 5.73 Å². The van der Waals surface area contributed by atoms with Crippen LogP contribution in [0.2, 0.25) is 0 Å². The number of carbonyl (C=O) groups excluding carboxylic acids is 2. The summed E-state index contributed by atoms with van der Waals surface area (Å²) in [5, 5.41) is 7.13. The topological polar surface area (TPSA) is 137 Å². The van der Waals surface area contributed by atoms with Gasteiger partial charge in [-0.1, -0.05) is 12.1 Å². The van der Waals surface area contributed by atoms with E-state index in [1.54, 1.807) is 30.7 Å². The molecule has 0 saturated carbocycles. The molecule has 2 aromatic heterocycles. The average Bonchev–Trinajstić information content (AvgIpc) is 3.06. The van der Waals surface area contributed by atoms with Gasteiger partial charge >= 0.3 is 0 Å². The van der Waals surface area contributed by atoms with Crippen molar-refractivity contribution in [3.05, 3.63) is 82.3 Å². The van der Waals surface area contributed by atoms with Crippen LogP contribution in [0.4, 0.5) is 14.5 Å². The van der Waals surface area contributed by atoms with Gasteiger partial charge in [-0.2, -0.15) is 5.10 Å². The number of hydrogen-bond donors (Lipinski definition) is 2. The molecule has 3 N–H and O–H groups in total. The molecular weight excluding hydrogens is 492 g/mol. The van der Waals surface area contributed by atoms with Gasteiger partial charge in [0.25, 0.3) is 5.91 Å². The van der Waals surface area contributed by atoms with Gasteiger partial charge < -0.3 is 11.1 Å². The number of amides is 2. The number of anilines is 1. The summed E-state index contributed by atoms with van der Waals surface area (Å²) in [6, 6.07) is 9.09. The molecule has 0 spiro atoms. The largest absolute Gasteiger partial charge is 0.366 e. The summed E-state index contributed by atoms with van der Waals surface area (Å²) in [4.78, 5) is 29.2. The second kappa shape index (κ2) is 9.11. The summed E-state index contributed by atoms with van der Waals surface area (Å²) in [6.45, 7) is 3.74. The molecule has 0 saturated heterocycles. The van der Waals surface area contributed by atoms with Crippen molar-refractivity contribution in [1.29, 1.82) is 0 Å². The highest BCUT2D eigenvalue weighted by Crippen LogP contribution is 2.24. The normalized spacial score (nSPS) is 11.6. The van der Waals surface area contributed by atoms with Gasteiger partial charge in [-0.15, -0.1) is 0 Å². The van der Waals surface area contributed by atoms with Crippen LogP contribution in [0.5, 0.6) is 0 Å². The lowest BCUT2D eigenvalue weighted by Gasteiger charge is -2.10. The van der Waals surface area contributed by atoms with Crippen LogP contribution >= 0.6 is 0 Å². The van der Waals surface area contributed by atoms with Gasteiger partial charge in [0, 0.05) is 17.7 Å². The lowest BCUT2D eigenvalue weighted by molar-refractivity contribution is 0.100. The molecule has 2 aromatic carbocycles. The third-order valence-corrected chi connectivity index (χ3v) is 6.78. The summed E-state index contributed by atoms with van der Waals surface area (Å²) in [5.74, 6) is -3.98. The van der Waals surface area contributed by atoms with E-state index in [1.807, 2.05) is 0 Å². The van der Waals surface area contributed by atoms with Crippen molar-refractivity contribution >= 4 is 38.2 Å².